The Morgan fingerprint density at radius 2 is 1.81 bits per heavy atom. The summed E-state index contributed by atoms with van der Waals surface area (Å²) in [7, 11) is 6.31. The summed E-state index contributed by atoms with van der Waals surface area (Å²) in [5.74, 6) is 2.10. The summed E-state index contributed by atoms with van der Waals surface area (Å²) < 4.78 is 21.8. The summed E-state index contributed by atoms with van der Waals surface area (Å²) in [6.45, 7) is 1.86. The average Bonchev–Trinajstić information content (AvgIpc) is 3.01. The number of allylic oxidation sites excluding steroid dienone is 6. The van der Waals surface area contributed by atoms with Crippen LogP contribution in [-0.4, -0.2) is 46.4 Å². The van der Waals surface area contributed by atoms with Gasteiger partial charge < -0.3 is 35.5 Å². The molecule has 0 aliphatic heterocycles. The number of ether oxygens (including phenoxy) is 4. The standard InChI is InChI=1S/C21H26O5.C3H8N2O/c1-6-14-8-7-9-15-12-18(24-3)20(25-4)21(26-5)19(15)17(14)11-10-16(13-22)23-2;4-1-3(5)2-6/h6,10-13H,7-9H2,1-5H3;1,6H,2,4-5H2/b14-6-,16-10+,17-11+;3-1-. The Kier molecular flexibility index (Phi) is 11.5. The van der Waals surface area contributed by atoms with Crippen molar-refractivity contribution in [3.63, 3.8) is 0 Å². The van der Waals surface area contributed by atoms with Gasteiger partial charge in [0.05, 0.1) is 35.0 Å². The number of carbonyl (C=O) groups is 1. The molecule has 0 bridgehead atoms. The van der Waals surface area contributed by atoms with Gasteiger partial charge in [-0.15, -0.1) is 0 Å². The molecule has 0 unspecified atom stereocenters. The number of aryl methyl sites for hydroxylation is 1. The SMILES string of the molecule is C/C=C1/CCCc2cc(OC)c(OC)c(OC)c2/C1=C/C=C(\C=O)OC.N/C=C(\N)CO. The zero-order chi connectivity index (χ0) is 24.1. The van der Waals surface area contributed by atoms with E-state index in [1.807, 2.05) is 19.1 Å². The van der Waals surface area contributed by atoms with Crippen LogP contribution in [-0.2, 0) is 16.0 Å². The molecule has 1 aliphatic carbocycles. The molecular weight excluding hydrogens is 412 g/mol. The number of aliphatic hydroxyl groups is 1. The van der Waals surface area contributed by atoms with Gasteiger partial charge in [0.25, 0.3) is 0 Å². The van der Waals surface area contributed by atoms with E-state index in [1.165, 1.54) is 18.9 Å². The largest absolute Gasteiger partial charge is 0.493 e. The number of benzene rings is 1. The molecule has 1 aromatic carbocycles. The van der Waals surface area contributed by atoms with Gasteiger partial charge in [0.2, 0.25) is 5.75 Å². The molecule has 32 heavy (non-hydrogen) atoms. The third-order valence-corrected chi connectivity index (χ3v) is 4.93. The summed E-state index contributed by atoms with van der Waals surface area (Å²) in [6.07, 6.45) is 10.4. The molecule has 1 aliphatic rings. The van der Waals surface area contributed by atoms with E-state index < -0.39 is 0 Å². The number of hydrogen-bond acceptors (Lipinski definition) is 8. The maximum Gasteiger partial charge on any atom is 0.203 e. The first-order valence-corrected chi connectivity index (χ1v) is 10.1. The number of fused-ring (bicyclic) bond motifs is 1. The fraction of sp³-hybridized carbons (Fsp3) is 0.375. The van der Waals surface area contributed by atoms with Crippen molar-refractivity contribution in [3.8, 4) is 17.2 Å². The molecule has 176 valence electrons. The average molecular weight is 447 g/mol. The van der Waals surface area contributed by atoms with Crippen LogP contribution in [0.1, 0.15) is 30.9 Å². The Morgan fingerprint density at radius 3 is 2.25 bits per heavy atom. The number of rotatable bonds is 7. The fourth-order valence-electron chi connectivity index (χ4n) is 3.33. The van der Waals surface area contributed by atoms with Crippen LogP contribution in [0.3, 0.4) is 0 Å². The van der Waals surface area contributed by atoms with Crippen molar-refractivity contribution in [2.75, 3.05) is 35.0 Å². The second-order valence-electron chi connectivity index (χ2n) is 6.72. The van der Waals surface area contributed by atoms with Crippen molar-refractivity contribution in [1.29, 1.82) is 0 Å². The predicted octanol–water partition coefficient (Wildman–Crippen LogP) is 2.85. The molecule has 0 amide bonds. The molecule has 2 rings (SSSR count). The maximum absolute atomic E-state index is 11.1. The molecule has 0 radical (unpaired) electrons. The molecule has 0 spiro atoms. The van der Waals surface area contributed by atoms with Gasteiger partial charge in [0, 0.05) is 17.5 Å². The fourth-order valence-corrected chi connectivity index (χ4v) is 3.33. The van der Waals surface area contributed by atoms with Crippen molar-refractivity contribution in [2.24, 2.45) is 11.5 Å². The normalized spacial score (nSPS) is 16.4. The van der Waals surface area contributed by atoms with E-state index in [4.69, 9.17) is 35.5 Å². The highest BCUT2D eigenvalue weighted by Crippen LogP contribution is 2.48. The molecule has 8 heteroatoms. The summed E-state index contributed by atoms with van der Waals surface area (Å²) in [5, 5.41) is 8.06. The molecule has 1 aromatic rings. The second-order valence-corrected chi connectivity index (χ2v) is 6.72. The Hall–Kier alpha value is -3.39. The first kappa shape index (κ1) is 26.6. The van der Waals surface area contributed by atoms with Gasteiger partial charge >= 0.3 is 0 Å². The first-order valence-electron chi connectivity index (χ1n) is 10.1. The summed E-state index contributed by atoms with van der Waals surface area (Å²) in [4.78, 5) is 11.1. The summed E-state index contributed by atoms with van der Waals surface area (Å²) in [6, 6.07) is 2.00. The van der Waals surface area contributed by atoms with Crippen LogP contribution in [0.25, 0.3) is 5.57 Å². The van der Waals surface area contributed by atoms with Crippen molar-refractivity contribution in [2.45, 2.75) is 26.2 Å². The van der Waals surface area contributed by atoms with Gasteiger partial charge in [0.15, 0.2) is 23.5 Å². The lowest BCUT2D eigenvalue weighted by atomic mass is 9.92. The van der Waals surface area contributed by atoms with E-state index in [0.29, 0.717) is 29.2 Å². The van der Waals surface area contributed by atoms with Crippen LogP contribution in [0.4, 0.5) is 0 Å². The molecule has 5 N–H and O–H groups in total. The summed E-state index contributed by atoms with van der Waals surface area (Å²) in [5.41, 5.74) is 14.4. The highest BCUT2D eigenvalue weighted by atomic mass is 16.5. The van der Waals surface area contributed by atoms with Crippen LogP contribution in [0.15, 0.2) is 47.5 Å². The Balaban J connectivity index is 0.000000751. The van der Waals surface area contributed by atoms with E-state index in [0.717, 1.165) is 36.0 Å². The third kappa shape index (κ3) is 6.55. The van der Waals surface area contributed by atoms with Gasteiger partial charge in [-0.3, -0.25) is 4.79 Å². The number of hydrogen-bond donors (Lipinski definition) is 3. The summed E-state index contributed by atoms with van der Waals surface area (Å²) >= 11 is 0. The minimum atomic E-state index is -0.156. The van der Waals surface area contributed by atoms with Crippen LogP contribution in [0, 0.1) is 0 Å². The molecule has 0 saturated carbocycles. The molecule has 0 aromatic heterocycles. The van der Waals surface area contributed by atoms with E-state index in [2.05, 4.69) is 6.08 Å². The maximum atomic E-state index is 11.1. The highest BCUT2D eigenvalue weighted by Gasteiger charge is 2.26. The number of aliphatic hydroxyl groups excluding tert-OH is 1. The quantitative estimate of drug-likeness (QED) is 0.253. The van der Waals surface area contributed by atoms with Crippen molar-refractivity contribution < 1.29 is 28.8 Å². The predicted molar refractivity (Wildman–Crippen MR) is 125 cm³/mol. The third-order valence-electron chi connectivity index (χ3n) is 4.93. The number of aldehydes is 1. The number of methoxy groups -OCH3 is 4. The first-order chi connectivity index (χ1) is 15.4. The smallest absolute Gasteiger partial charge is 0.203 e. The van der Waals surface area contributed by atoms with Crippen molar-refractivity contribution in [3.05, 3.63) is 58.7 Å². The molecule has 0 fully saturated rings. The zero-order valence-corrected chi connectivity index (χ0v) is 19.4. The van der Waals surface area contributed by atoms with Crippen LogP contribution in [0.2, 0.25) is 0 Å². The van der Waals surface area contributed by atoms with E-state index in [9.17, 15) is 4.79 Å². The van der Waals surface area contributed by atoms with Crippen molar-refractivity contribution >= 4 is 11.9 Å². The van der Waals surface area contributed by atoms with Gasteiger partial charge in [-0.25, -0.2) is 0 Å². The molecular formula is C24H34N2O6. The van der Waals surface area contributed by atoms with E-state index in [-0.39, 0.29) is 12.4 Å². The lowest BCUT2D eigenvalue weighted by Crippen LogP contribution is -2.04. The Morgan fingerprint density at radius 1 is 1.12 bits per heavy atom. The van der Waals surface area contributed by atoms with E-state index >= 15 is 0 Å². The molecule has 8 nitrogen and oxygen atoms in total. The van der Waals surface area contributed by atoms with Crippen molar-refractivity contribution in [1.82, 2.24) is 0 Å². The molecule has 0 atom stereocenters. The minimum absolute atomic E-state index is 0.156. The van der Waals surface area contributed by atoms with Gasteiger partial charge in [-0.05, 0) is 55.0 Å². The van der Waals surface area contributed by atoms with Crippen LogP contribution in [0.5, 0.6) is 17.2 Å². The van der Waals surface area contributed by atoms with Gasteiger partial charge in [-0.1, -0.05) is 12.2 Å². The number of nitrogens with two attached hydrogens (primary N) is 2. The zero-order valence-electron chi connectivity index (χ0n) is 19.4. The van der Waals surface area contributed by atoms with E-state index in [1.54, 1.807) is 27.4 Å². The Bertz CT molecular complexity index is 900. The highest BCUT2D eigenvalue weighted by molar-refractivity contribution is 5.88. The minimum Gasteiger partial charge on any atom is -0.493 e. The van der Waals surface area contributed by atoms with Gasteiger partial charge in [-0.2, -0.15) is 0 Å². The lowest BCUT2D eigenvalue weighted by Gasteiger charge is -2.20. The van der Waals surface area contributed by atoms with Crippen LogP contribution < -0.4 is 25.7 Å². The number of carbonyl (C=O) groups excluding carboxylic acids is 1. The Labute approximate surface area is 189 Å². The molecule has 0 heterocycles. The molecule has 0 saturated heterocycles. The second kappa shape index (κ2) is 13.8. The topological polar surface area (TPSA) is 126 Å². The van der Waals surface area contributed by atoms with Crippen LogP contribution >= 0.6 is 0 Å². The van der Waals surface area contributed by atoms with Gasteiger partial charge in [0.1, 0.15) is 0 Å². The monoisotopic (exact) mass is 446 g/mol. The lowest BCUT2D eigenvalue weighted by molar-refractivity contribution is -0.107.